The van der Waals surface area contributed by atoms with Gasteiger partial charge in [-0.1, -0.05) is 24.3 Å². The van der Waals surface area contributed by atoms with Gasteiger partial charge in [-0.3, -0.25) is 23.3 Å². The molecule has 4 rings (SSSR count). The van der Waals surface area contributed by atoms with Crippen molar-refractivity contribution in [2.24, 2.45) is 14.1 Å². The van der Waals surface area contributed by atoms with Gasteiger partial charge in [0, 0.05) is 27.2 Å². The quantitative estimate of drug-likeness (QED) is 0.605. The van der Waals surface area contributed by atoms with Gasteiger partial charge in [0.1, 0.15) is 6.54 Å². The smallest absolute Gasteiger partial charge is 0.332 e. The van der Waals surface area contributed by atoms with Crippen molar-refractivity contribution in [1.29, 1.82) is 0 Å². The van der Waals surface area contributed by atoms with Gasteiger partial charge in [0.05, 0.1) is 0 Å². The first-order chi connectivity index (χ1) is 12.9. The number of carbonyl (C=O) groups excluding carboxylic acids is 1. The Hall–Kier alpha value is -2.87. The van der Waals surface area contributed by atoms with Crippen LogP contribution < -0.4 is 11.2 Å². The van der Waals surface area contributed by atoms with Gasteiger partial charge in [-0.05, 0) is 29.1 Å². The minimum atomic E-state index is -0.524. The maximum atomic E-state index is 12.9. The van der Waals surface area contributed by atoms with E-state index in [1.54, 1.807) is 4.90 Å². The van der Waals surface area contributed by atoms with Crippen molar-refractivity contribution < 1.29 is 4.79 Å². The second-order valence-corrected chi connectivity index (χ2v) is 7.02. The maximum absolute atomic E-state index is 12.9. The van der Waals surface area contributed by atoms with Gasteiger partial charge in [-0.15, -0.1) is 0 Å². The molecule has 1 aliphatic rings. The Morgan fingerprint density at radius 1 is 1.15 bits per heavy atom. The van der Waals surface area contributed by atoms with Gasteiger partial charge < -0.3 is 4.90 Å². The van der Waals surface area contributed by atoms with E-state index in [2.05, 4.69) is 11.1 Å². The third kappa shape index (κ3) is 2.76. The van der Waals surface area contributed by atoms with E-state index in [1.165, 1.54) is 28.8 Å². The Bertz CT molecular complexity index is 1190. The van der Waals surface area contributed by atoms with Crippen molar-refractivity contribution in [1.82, 2.24) is 23.6 Å². The average Bonchev–Trinajstić information content (AvgIpc) is 3.00. The number of amides is 1. The average molecular weight is 388 g/mol. The number of imidazole rings is 1. The van der Waals surface area contributed by atoms with E-state index in [-0.39, 0.29) is 28.9 Å². The van der Waals surface area contributed by atoms with E-state index in [0.29, 0.717) is 13.1 Å². The SMILES string of the molecule is Cn1c(=O)c2c(nc(Cl)n2CC(=O)N2CCc3ccccc3C2)n(C)c1=O. The lowest BCUT2D eigenvalue weighted by Crippen LogP contribution is -2.40. The van der Waals surface area contributed by atoms with Crippen molar-refractivity contribution >= 4 is 28.7 Å². The summed E-state index contributed by atoms with van der Waals surface area (Å²) in [6, 6.07) is 8.03. The molecule has 1 aromatic carbocycles. The number of benzene rings is 1. The first kappa shape index (κ1) is 17.5. The molecule has 0 atom stereocenters. The lowest BCUT2D eigenvalue weighted by Gasteiger charge is -2.29. The van der Waals surface area contributed by atoms with Crippen LogP contribution in [-0.4, -0.2) is 36.0 Å². The van der Waals surface area contributed by atoms with Crippen molar-refractivity contribution in [3.63, 3.8) is 0 Å². The minimum Gasteiger partial charge on any atom is -0.336 e. The fourth-order valence-electron chi connectivity index (χ4n) is 3.51. The molecule has 9 heteroatoms. The molecule has 1 amide bonds. The van der Waals surface area contributed by atoms with Gasteiger partial charge >= 0.3 is 5.69 Å². The third-order valence-electron chi connectivity index (χ3n) is 5.08. The number of carbonyl (C=O) groups is 1. The van der Waals surface area contributed by atoms with Crippen LogP contribution in [0.25, 0.3) is 11.2 Å². The number of fused-ring (bicyclic) bond motifs is 2. The molecule has 0 spiro atoms. The Morgan fingerprint density at radius 2 is 1.85 bits per heavy atom. The zero-order valence-electron chi connectivity index (χ0n) is 15.0. The number of halogens is 1. The Labute approximate surface area is 159 Å². The van der Waals surface area contributed by atoms with Crippen molar-refractivity contribution in [2.75, 3.05) is 6.54 Å². The number of aryl methyl sites for hydroxylation is 1. The molecule has 0 aliphatic carbocycles. The topological polar surface area (TPSA) is 82.1 Å². The second-order valence-electron chi connectivity index (χ2n) is 6.68. The monoisotopic (exact) mass is 387 g/mol. The normalized spacial score (nSPS) is 13.8. The van der Waals surface area contributed by atoms with Gasteiger partial charge in [0.15, 0.2) is 11.2 Å². The molecule has 0 radical (unpaired) electrons. The molecule has 0 fully saturated rings. The number of rotatable bonds is 2. The lowest BCUT2D eigenvalue weighted by molar-refractivity contribution is -0.132. The summed E-state index contributed by atoms with van der Waals surface area (Å²) in [5, 5.41) is 0.00839. The zero-order valence-corrected chi connectivity index (χ0v) is 15.7. The summed E-state index contributed by atoms with van der Waals surface area (Å²) in [5.74, 6) is -0.151. The minimum absolute atomic E-state index is 0.00839. The Balaban J connectivity index is 1.70. The van der Waals surface area contributed by atoms with Crippen LogP contribution >= 0.6 is 11.6 Å². The predicted octanol–water partition coefficient (Wildman–Crippen LogP) is 0.672. The molecule has 8 nitrogen and oxygen atoms in total. The highest BCUT2D eigenvalue weighted by molar-refractivity contribution is 6.29. The lowest BCUT2D eigenvalue weighted by atomic mass is 10.00. The molecule has 140 valence electrons. The van der Waals surface area contributed by atoms with Crippen molar-refractivity contribution in [2.45, 2.75) is 19.5 Å². The highest BCUT2D eigenvalue weighted by Crippen LogP contribution is 2.20. The van der Waals surface area contributed by atoms with Crippen LogP contribution in [0, 0.1) is 0 Å². The van der Waals surface area contributed by atoms with Gasteiger partial charge in [-0.25, -0.2) is 4.79 Å². The van der Waals surface area contributed by atoms with Crippen LogP contribution in [0.4, 0.5) is 0 Å². The Kier molecular flexibility index (Phi) is 4.15. The fourth-order valence-corrected chi connectivity index (χ4v) is 3.73. The third-order valence-corrected chi connectivity index (χ3v) is 5.37. The van der Waals surface area contributed by atoms with Crippen LogP contribution in [0.15, 0.2) is 33.9 Å². The molecule has 27 heavy (non-hydrogen) atoms. The zero-order chi connectivity index (χ0) is 19.3. The summed E-state index contributed by atoms with van der Waals surface area (Å²) in [6.45, 7) is 1.03. The summed E-state index contributed by atoms with van der Waals surface area (Å²) >= 11 is 6.20. The van der Waals surface area contributed by atoms with Crippen LogP contribution in [0.5, 0.6) is 0 Å². The van der Waals surface area contributed by atoms with E-state index in [0.717, 1.165) is 16.6 Å². The fraction of sp³-hybridized carbons (Fsp3) is 0.333. The molecule has 1 aliphatic heterocycles. The van der Waals surface area contributed by atoms with Crippen LogP contribution in [0.1, 0.15) is 11.1 Å². The summed E-state index contributed by atoms with van der Waals surface area (Å²) in [5.41, 5.74) is 1.67. The van der Waals surface area contributed by atoms with Crippen LogP contribution in [0.3, 0.4) is 0 Å². The Morgan fingerprint density at radius 3 is 2.59 bits per heavy atom. The molecular weight excluding hydrogens is 370 g/mol. The summed E-state index contributed by atoms with van der Waals surface area (Å²) < 4.78 is 3.61. The molecule has 3 aromatic rings. The second kappa shape index (κ2) is 6.38. The highest BCUT2D eigenvalue weighted by atomic mass is 35.5. The first-order valence-corrected chi connectivity index (χ1v) is 8.92. The summed E-state index contributed by atoms with van der Waals surface area (Å²) in [4.78, 5) is 43.4. The molecule has 3 heterocycles. The van der Waals surface area contributed by atoms with E-state index in [1.807, 2.05) is 18.2 Å². The molecule has 0 saturated heterocycles. The number of hydrogen-bond acceptors (Lipinski definition) is 4. The van der Waals surface area contributed by atoms with Crippen LogP contribution in [-0.2, 0) is 38.4 Å². The van der Waals surface area contributed by atoms with E-state index in [9.17, 15) is 14.4 Å². The predicted molar refractivity (Wildman–Crippen MR) is 101 cm³/mol. The summed E-state index contributed by atoms with van der Waals surface area (Å²) in [7, 11) is 2.90. The number of aromatic nitrogens is 4. The van der Waals surface area contributed by atoms with Gasteiger partial charge in [0.2, 0.25) is 11.2 Å². The largest absolute Gasteiger partial charge is 0.336 e. The molecule has 0 unspecified atom stereocenters. The van der Waals surface area contributed by atoms with Crippen LogP contribution in [0.2, 0.25) is 5.28 Å². The molecule has 0 saturated carbocycles. The summed E-state index contributed by atoms with van der Waals surface area (Å²) in [6.07, 6.45) is 0.788. The first-order valence-electron chi connectivity index (χ1n) is 8.54. The molecule has 2 aromatic heterocycles. The van der Waals surface area contributed by atoms with E-state index in [4.69, 9.17) is 11.6 Å². The molecule has 0 N–H and O–H groups in total. The molecule has 0 bridgehead atoms. The number of hydrogen-bond donors (Lipinski definition) is 0. The number of nitrogens with zero attached hydrogens (tertiary/aromatic N) is 5. The van der Waals surface area contributed by atoms with Crippen molar-refractivity contribution in [3.05, 3.63) is 61.5 Å². The standard InChI is InChI=1S/C18H18ClN5O3/c1-21-15-14(16(26)22(2)18(21)27)24(17(19)20-15)10-13(25)23-8-7-11-5-3-4-6-12(11)9-23/h3-6H,7-10H2,1-2H3. The van der Waals surface area contributed by atoms with E-state index < -0.39 is 11.2 Å². The molecular formula is C18H18ClN5O3. The van der Waals surface area contributed by atoms with Gasteiger partial charge in [0.25, 0.3) is 5.56 Å². The highest BCUT2D eigenvalue weighted by Gasteiger charge is 2.24. The van der Waals surface area contributed by atoms with E-state index >= 15 is 0 Å². The van der Waals surface area contributed by atoms with Gasteiger partial charge in [-0.2, -0.15) is 4.98 Å². The maximum Gasteiger partial charge on any atom is 0.332 e. The van der Waals surface area contributed by atoms with Crippen molar-refractivity contribution in [3.8, 4) is 0 Å².